The molecule has 0 saturated carbocycles. The maximum absolute atomic E-state index is 13.1. The molecule has 42 heavy (non-hydrogen) atoms. The third-order valence-corrected chi connectivity index (χ3v) is 6.15. The maximum Gasteiger partial charge on any atom is 0.264 e. The van der Waals surface area contributed by atoms with Gasteiger partial charge in [0.25, 0.3) is 11.8 Å². The number of nitrogens with zero attached hydrogens (tertiary/aromatic N) is 1. The molecule has 0 aromatic heterocycles. The predicted molar refractivity (Wildman–Crippen MR) is 153 cm³/mol. The van der Waals surface area contributed by atoms with E-state index in [-0.39, 0.29) is 36.4 Å². The number of hydrogen-bond donors (Lipinski definition) is 3. The first-order valence-corrected chi connectivity index (χ1v) is 13.8. The average molecular weight is 617 g/mol. The topological polar surface area (TPSA) is 177 Å². The summed E-state index contributed by atoms with van der Waals surface area (Å²) in [5.41, 5.74) is 6.25. The second-order valence-electron chi connectivity index (χ2n) is 9.07. The number of amides is 4. The van der Waals surface area contributed by atoms with Gasteiger partial charge in [0.05, 0.1) is 90.4 Å². The van der Waals surface area contributed by atoms with E-state index in [0.29, 0.717) is 98.1 Å². The highest BCUT2D eigenvalue weighted by molar-refractivity contribution is 6.25. The minimum Gasteiger partial charge on any atom is -0.382 e. The molecule has 0 aliphatic carbocycles. The molecule has 0 bridgehead atoms. The van der Waals surface area contributed by atoms with E-state index in [9.17, 15) is 19.2 Å². The van der Waals surface area contributed by atoms with Crippen LogP contribution >= 0.6 is 12.4 Å². The second-order valence-corrected chi connectivity index (χ2v) is 9.07. The minimum absolute atomic E-state index is 0. The Kier molecular flexibility index (Phi) is 17.1. The third-order valence-electron chi connectivity index (χ3n) is 6.15. The van der Waals surface area contributed by atoms with E-state index in [1.807, 2.05) is 0 Å². The fourth-order valence-electron chi connectivity index (χ4n) is 4.21. The van der Waals surface area contributed by atoms with Crippen molar-refractivity contribution in [3.05, 3.63) is 29.3 Å². The van der Waals surface area contributed by atoms with Crippen LogP contribution < -0.4 is 16.4 Å². The summed E-state index contributed by atoms with van der Waals surface area (Å²) in [6, 6.07) is 3.91. The molecular formula is C27H41ClN4O10. The lowest BCUT2D eigenvalue weighted by molar-refractivity contribution is -0.136. The van der Waals surface area contributed by atoms with Crippen molar-refractivity contribution in [1.29, 1.82) is 0 Å². The number of carbonyl (C=O) groups excluding carboxylic acids is 4. The molecule has 1 aromatic carbocycles. The molecule has 15 heteroatoms. The molecule has 0 spiro atoms. The molecule has 1 saturated heterocycles. The number of fused-ring (bicyclic) bond motifs is 1. The number of carbonyl (C=O) groups is 4. The molecule has 4 N–H and O–H groups in total. The summed E-state index contributed by atoms with van der Waals surface area (Å²) in [6.07, 6.45) is 0.181. The first kappa shape index (κ1) is 35.5. The lowest BCUT2D eigenvalue weighted by atomic mass is 10.0. The van der Waals surface area contributed by atoms with E-state index in [1.165, 1.54) is 0 Å². The maximum atomic E-state index is 13.1. The van der Waals surface area contributed by atoms with Gasteiger partial charge in [-0.1, -0.05) is 6.07 Å². The number of nitrogens with one attached hydrogen (secondary N) is 2. The summed E-state index contributed by atoms with van der Waals surface area (Å²) < 4.78 is 32.4. The highest BCUT2D eigenvalue weighted by Crippen LogP contribution is 2.32. The number of nitrogens with two attached hydrogens (primary N) is 1. The fraction of sp³-hybridized carbons (Fsp3) is 0.630. The van der Waals surface area contributed by atoms with Crippen LogP contribution in [0.25, 0.3) is 0 Å². The molecule has 1 aromatic rings. The summed E-state index contributed by atoms with van der Waals surface area (Å²) in [5, 5.41) is 5.32. The summed E-state index contributed by atoms with van der Waals surface area (Å²) in [4.78, 5) is 50.6. The van der Waals surface area contributed by atoms with Gasteiger partial charge >= 0.3 is 0 Å². The lowest BCUT2D eigenvalue weighted by Crippen LogP contribution is -2.54. The molecule has 14 nitrogen and oxygen atoms in total. The van der Waals surface area contributed by atoms with Crippen molar-refractivity contribution in [2.75, 3.05) is 97.7 Å². The minimum atomic E-state index is -1.00. The highest BCUT2D eigenvalue weighted by Gasteiger charge is 2.45. The SMILES string of the molecule is Cl.NCCOCCOCCOCCOCCOCCOCCNc1cccc2c1C(=O)N(C1CCC(=O)NC1=O)C2=O. The van der Waals surface area contributed by atoms with E-state index >= 15 is 0 Å². The molecule has 1 fully saturated rings. The number of hydrogen-bond acceptors (Lipinski definition) is 12. The van der Waals surface area contributed by atoms with Crippen LogP contribution in [0.4, 0.5) is 5.69 Å². The van der Waals surface area contributed by atoms with Crippen molar-refractivity contribution in [3.8, 4) is 0 Å². The van der Waals surface area contributed by atoms with Crippen LogP contribution in [0.5, 0.6) is 0 Å². The lowest BCUT2D eigenvalue weighted by Gasteiger charge is -2.27. The van der Waals surface area contributed by atoms with Crippen LogP contribution in [-0.2, 0) is 38.0 Å². The van der Waals surface area contributed by atoms with Crippen LogP contribution in [-0.4, -0.2) is 127 Å². The smallest absolute Gasteiger partial charge is 0.264 e. The van der Waals surface area contributed by atoms with E-state index in [2.05, 4.69) is 10.6 Å². The Morgan fingerprint density at radius 1 is 0.762 bits per heavy atom. The van der Waals surface area contributed by atoms with E-state index in [0.717, 1.165) is 4.90 Å². The van der Waals surface area contributed by atoms with Crippen molar-refractivity contribution in [3.63, 3.8) is 0 Å². The van der Waals surface area contributed by atoms with Gasteiger partial charge in [-0.15, -0.1) is 12.4 Å². The molecule has 4 amide bonds. The average Bonchev–Trinajstić information content (AvgIpc) is 3.22. The van der Waals surface area contributed by atoms with Gasteiger partial charge < -0.3 is 39.5 Å². The van der Waals surface area contributed by atoms with Gasteiger partial charge in [-0.25, -0.2) is 0 Å². The van der Waals surface area contributed by atoms with Crippen LogP contribution in [0, 0.1) is 0 Å². The number of halogens is 1. The van der Waals surface area contributed by atoms with Gasteiger partial charge in [0.15, 0.2) is 0 Å². The molecule has 2 aliphatic rings. The number of benzene rings is 1. The monoisotopic (exact) mass is 616 g/mol. The van der Waals surface area contributed by atoms with Crippen LogP contribution in [0.15, 0.2) is 18.2 Å². The Morgan fingerprint density at radius 3 is 1.81 bits per heavy atom. The Balaban J connectivity index is 0.00000616. The van der Waals surface area contributed by atoms with Gasteiger partial charge in [0, 0.05) is 25.2 Å². The summed E-state index contributed by atoms with van der Waals surface area (Å²) in [5.74, 6) is -2.15. The predicted octanol–water partition coefficient (Wildman–Crippen LogP) is -0.0202. The normalized spacial score (nSPS) is 16.4. The first-order chi connectivity index (χ1) is 20.0. The van der Waals surface area contributed by atoms with E-state index in [4.69, 9.17) is 34.2 Å². The number of rotatable bonds is 22. The van der Waals surface area contributed by atoms with Crippen LogP contribution in [0.3, 0.4) is 0 Å². The highest BCUT2D eigenvalue weighted by atomic mass is 35.5. The van der Waals surface area contributed by atoms with Gasteiger partial charge in [0.1, 0.15) is 6.04 Å². The standard InChI is InChI=1S/C27H40N4O10.ClH/c28-6-8-36-10-12-38-14-16-40-18-19-41-17-15-39-13-11-37-9-7-29-21-3-1-2-20-24(21)27(35)31(26(20)34)22-4-5-23(32)30-25(22)33;/h1-3,22,29H,4-19,28H2,(H,30,32,33);1H. The summed E-state index contributed by atoms with van der Waals surface area (Å²) in [7, 11) is 0. The number of imide groups is 2. The Labute approximate surface area is 251 Å². The zero-order chi connectivity index (χ0) is 29.3. The van der Waals surface area contributed by atoms with E-state index in [1.54, 1.807) is 18.2 Å². The van der Waals surface area contributed by atoms with Crippen molar-refractivity contribution in [2.24, 2.45) is 5.73 Å². The Bertz CT molecular complexity index is 1020. The van der Waals surface area contributed by atoms with E-state index < -0.39 is 29.7 Å². The molecular weight excluding hydrogens is 576 g/mol. The molecule has 2 aliphatic heterocycles. The number of anilines is 1. The molecule has 236 valence electrons. The van der Waals surface area contributed by atoms with Crippen molar-refractivity contribution in [1.82, 2.24) is 10.2 Å². The fourth-order valence-corrected chi connectivity index (χ4v) is 4.21. The molecule has 3 rings (SSSR count). The zero-order valence-corrected chi connectivity index (χ0v) is 24.5. The zero-order valence-electron chi connectivity index (χ0n) is 23.6. The number of piperidine rings is 1. The number of ether oxygens (including phenoxy) is 6. The Hall–Kier alpha value is -2.69. The third kappa shape index (κ3) is 11.2. The largest absolute Gasteiger partial charge is 0.382 e. The summed E-state index contributed by atoms with van der Waals surface area (Å²) >= 11 is 0. The van der Waals surface area contributed by atoms with Gasteiger partial charge in [-0.05, 0) is 18.6 Å². The van der Waals surface area contributed by atoms with Crippen LogP contribution in [0.1, 0.15) is 33.6 Å². The van der Waals surface area contributed by atoms with Crippen molar-refractivity contribution >= 4 is 41.7 Å². The van der Waals surface area contributed by atoms with Crippen molar-refractivity contribution in [2.45, 2.75) is 18.9 Å². The van der Waals surface area contributed by atoms with Crippen molar-refractivity contribution < 1.29 is 47.6 Å². The Morgan fingerprint density at radius 2 is 1.29 bits per heavy atom. The summed E-state index contributed by atoms with van der Waals surface area (Å²) in [6.45, 7) is 6.43. The second kappa shape index (κ2) is 20.3. The molecule has 0 radical (unpaired) electrons. The first-order valence-electron chi connectivity index (χ1n) is 13.8. The van der Waals surface area contributed by atoms with Gasteiger partial charge in [-0.2, -0.15) is 0 Å². The molecule has 1 unspecified atom stereocenters. The molecule has 1 atom stereocenters. The van der Waals surface area contributed by atoms with Crippen LogP contribution in [0.2, 0.25) is 0 Å². The van der Waals surface area contributed by atoms with Gasteiger partial charge in [-0.3, -0.25) is 29.4 Å². The quantitative estimate of drug-likeness (QED) is 0.117. The molecule has 2 heterocycles. The van der Waals surface area contributed by atoms with Gasteiger partial charge in [0.2, 0.25) is 11.8 Å².